The van der Waals surface area contributed by atoms with Crippen molar-refractivity contribution in [2.45, 2.75) is 0 Å². The number of hydrogen-bond donors (Lipinski definition) is 0. The van der Waals surface area contributed by atoms with E-state index < -0.39 is 0 Å². The van der Waals surface area contributed by atoms with E-state index in [1.807, 2.05) is 6.08 Å². The topological polar surface area (TPSA) is 20.3 Å². The molecule has 0 N–H and O–H groups in total. The van der Waals surface area contributed by atoms with Crippen LogP contribution in [-0.2, 0) is 4.79 Å². The lowest BCUT2D eigenvalue weighted by molar-refractivity contribution is -0.120. The number of hydrogen-bond acceptors (Lipinski definition) is 1. The summed E-state index contributed by atoms with van der Waals surface area (Å²) < 4.78 is 1.48. The third-order valence-corrected chi connectivity index (χ3v) is 1.50. The zero-order chi connectivity index (χ0) is 8.69. The molecule has 0 aliphatic rings. The number of nitrogens with zero attached hydrogens (tertiary/aromatic N) is 1. The molecule has 0 saturated carbocycles. The van der Waals surface area contributed by atoms with E-state index in [4.69, 9.17) is 0 Å². The smallest absolute Gasteiger partial charge is 0.249 e. The molecule has 11 heavy (non-hydrogen) atoms. The highest BCUT2D eigenvalue weighted by molar-refractivity contribution is 7.14. The highest BCUT2D eigenvalue weighted by Crippen LogP contribution is 1.99. The molecular weight excluding hydrogens is 157 g/mol. The molecule has 0 saturated heterocycles. The van der Waals surface area contributed by atoms with Crippen molar-refractivity contribution >= 4 is 15.3 Å². The van der Waals surface area contributed by atoms with Crippen molar-refractivity contribution < 1.29 is 4.79 Å². The Morgan fingerprint density at radius 1 is 1.55 bits per heavy atom. The Bertz CT molecular complexity index is 187. The van der Waals surface area contributed by atoms with Crippen molar-refractivity contribution in [3.63, 3.8) is 0 Å². The maximum Gasteiger partial charge on any atom is 0.249 e. The van der Waals surface area contributed by atoms with Crippen LogP contribution in [0.25, 0.3) is 0 Å². The normalized spacial score (nSPS) is 9.55. The second kappa shape index (κ2) is 5.87. The van der Waals surface area contributed by atoms with Gasteiger partial charge in [0.1, 0.15) is 0 Å². The Morgan fingerprint density at radius 2 is 2.18 bits per heavy atom. The van der Waals surface area contributed by atoms with Gasteiger partial charge in [0.05, 0.1) is 0 Å². The number of amides is 1. The van der Waals surface area contributed by atoms with E-state index in [0.717, 1.165) is 0 Å². The Kier molecular flexibility index (Phi) is 5.40. The molecule has 0 fully saturated rings. The third kappa shape index (κ3) is 4.51. The summed E-state index contributed by atoms with van der Waals surface area (Å²) in [5.74, 6) is -0.108. The van der Waals surface area contributed by atoms with E-state index in [1.54, 1.807) is 12.2 Å². The van der Waals surface area contributed by atoms with Gasteiger partial charge in [-0.1, -0.05) is 31.4 Å². The second-order valence-electron chi connectivity index (χ2n) is 1.86. The molecule has 0 heterocycles. The van der Waals surface area contributed by atoms with Crippen LogP contribution in [0.3, 0.4) is 0 Å². The van der Waals surface area contributed by atoms with Gasteiger partial charge < -0.3 is 4.67 Å². The Balaban J connectivity index is 3.76. The van der Waals surface area contributed by atoms with E-state index in [-0.39, 0.29) is 5.91 Å². The summed E-state index contributed by atoms with van der Waals surface area (Å²) in [7, 11) is 2.32. The summed E-state index contributed by atoms with van der Waals surface area (Å²) in [5, 5.41) is 0. The molecule has 0 spiro atoms. The van der Waals surface area contributed by atoms with Crippen LogP contribution in [0, 0.1) is 0 Å². The predicted molar refractivity (Wildman–Crippen MR) is 51.0 cm³/mol. The molecule has 0 bridgehead atoms. The van der Waals surface area contributed by atoms with Gasteiger partial charge in [0, 0.05) is 6.54 Å². The number of carbonyl (C=O) groups is 1. The van der Waals surface area contributed by atoms with Crippen molar-refractivity contribution in [3.8, 4) is 0 Å². The van der Waals surface area contributed by atoms with Gasteiger partial charge in [-0.2, -0.15) is 0 Å². The predicted octanol–water partition coefficient (Wildman–Crippen LogP) is 1.53. The Labute approximate surface area is 69.5 Å². The minimum absolute atomic E-state index is 0.108. The summed E-state index contributed by atoms with van der Waals surface area (Å²) >= 11 is 0. The fraction of sp³-hybridized carbons (Fsp3) is 0.125. The molecule has 1 atom stereocenters. The summed E-state index contributed by atoms with van der Waals surface area (Å²) in [6.07, 6.45) is 6.56. The van der Waals surface area contributed by atoms with Crippen molar-refractivity contribution in [2.24, 2.45) is 0 Å². The molecule has 0 aliphatic heterocycles. The molecule has 1 unspecified atom stereocenters. The molecule has 2 nitrogen and oxygen atoms in total. The molecule has 0 rings (SSSR count). The molecule has 0 aromatic carbocycles. The Hall–Kier alpha value is -0.880. The van der Waals surface area contributed by atoms with Gasteiger partial charge in [-0.15, -0.1) is 0 Å². The van der Waals surface area contributed by atoms with Crippen molar-refractivity contribution in [2.75, 3.05) is 6.54 Å². The van der Waals surface area contributed by atoms with E-state index >= 15 is 0 Å². The van der Waals surface area contributed by atoms with Gasteiger partial charge in [-0.3, -0.25) is 4.79 Å². The fourth-order valence-corrected chi connectivity index (χ4v) is 0.705. The SMILES string of the molecule is C=CC=CCN(P)C(=O)C=C. The molecule has 0 aromatic rings. The van der Waals surface area contributed by atoms with Crippen molar-refractivity contribution in [1.82, 2.24) is 4.67 Å². The van der Waals surface area contributed by atoms with Crippen LogP contribution in [0.15, 0.2) is 37.5 Å². The van der Waals surface area contributed by atoms with Gasteiger partial charge >= 0.3 is 0 Å². The molecule has 60 valence electrons. The summed E-state index contributed by atoms with van der Waals surface area (Å²) in [5.41, 5.74) is 0. The van der Waals surface area contributed by atoms with Crippen LogP contribution in [0.4, 0.5) is 0 Å². The zero-order valence-electron chi connectivity index (χ0n) is 6.36. The summed E-state index contributed by atoms with van der Waals surface area (Å²) in [4.78, 5) is 10.8. The molecular formula is C8H12NOP. The fourth-order valence-electron chi connectivity index (χ4n) is 0.478. The summed E-state index contributed by atoms with van der Waals surface area (Å²) in [6, 6.07) is 0. The molecule has 1 amide bonds. The first-order valence-electron chi connectivity index (χ1n) is 3.18. The van der Waals surface area contributed by atoms with Gasteiger partial charge in [0.25, 0.3) is 0 Å². The van der Waals surface area contributed by atoms with Gasteiger partial charge in [-0.05, 0) is 15.5 Å². The van der Waals surface area contributed by atoms with Gasteiger partial charge in [-0.25, -0.2) is 0 Å². The molecule has 0 aromatic heterocycles. The van der Waals surface area contributed by atoms with Crippen LogP contribution < -0.4 is 0 Å². The first-order chi connectivity index (χ1) is 5.22. The highest BCUT2D eigenvalue weighted by Gasteiger charge is 1.99. The van der Waals surface area contributed by atoms with Crippen LogP contribution in [-0.4, -0.2) is 17.1 Å². The second-order valence-corrected chi connectivity index (χ2v) is 2.48. The van der Waals surface area contributed by atoms with E-state index in [1.165, 1.54) is 10.7 Å². The first kappa shape index (κ1) is 10.1. The average Bonchev–Trinajstić information content (AvgIpc) is 2.03. The highest BCUT2D eigenvalue weighted by atomic mass is 31.0. The number of allylic oxidation sites excluding steroid dienone is 2. The van der Waals surface area contributed by atoms with Crippen LogP contribution in [0.5, 0.6) is 0 Å². The standard InChI is InChI=1S/C8H12NOP/c1-3-5-6-7-9(11)8(10)4-2/h3-6H,1-2,7,11H2. The molecule has 0 aliphatic carbocycles. The van der Waals surface area contributed by atoms with Crippen LogP contribution in [0.1, 0.15) is 0 Å². The lowest BCUT2D eigenvalue weighted by atomic mass is 10.4. The monoisotopic (exact) mass is 169 g/mol. The van der Waals surface area contributed by atoms with E-state index in [2.05, 4.69) is 22.5 Å². The quantitative estimate of drug-likeness (QED) is 0.355. The van der Waals surface area contributed by atoms with E-state index in [0.29, 0.717) is 6.54 Å². The van der Waals surface area contributed by atoms with Gasteiger partial charge in [0.2, 0.25) is 5.91 Å². The number of carbonyl (C=O) groups excluding carboxylic acids is 1. The van der Waals surface area contributed by atoms with E-state index in [9.17, 15) is 4.79 Å². The largest absolute Gasteiger partial charge is 0.320 e. The number of rotatable bonds is 4. The Morgan fingerprint density at radius 3 is 2.64 bits per heavy atom. The third-order valence-electron chi connectivity index (χ3n) is 1.03. The van der Waals surface area contributed by atoms with Gasteiger partial charge in [0.15, 0.2) is 0 Å². The van der Waals surface area contributed by atoms with Crippen molar-refractivity contribution in [3.05, 3.63) is 37.5 Å². The first-order valence-corrected chi connectivity index (χ1v) is 3.70. The minimum atomic E-state index is -0.108. The maximum atomic E-state index is 10.8. The summed E-state index contributed by atoms with van der Waals surface area (Å²) in [6.45, 7) is 7.42. The van der Waals surface area contributed by atoms with Crippen LogP contribution in [0.2, 0.25) is 0 Å². The molecule has 3 heteroatoms. The lowest BCUT2D eigenvalue weighted by Crippen LogP contribution is -2.17. The van der Waals surface area contributed by atoms with Crippen LogP contribution >= 0.6 is 9.39 Å². The minimum Gasteiger partial charge on any atom is -0.320 e. The maximum absolute atomic E-state index is 10.8. The molecule has 0 radical (unpaired) electrons. The zero-order valence-corrected chi connectivity index (χ0v) is 7.52. The lowest BCUT2D eigenvalue weighted by Gasteiger charge is -2.10. The van der Waals surface area contributed by atoms with Crippen molar-refractivity contribution in [1.29, 1.82) is 0 Å². The average molecular weight is 169 g/mol.